The van der Waals surface area contributed by atoms with Crippen molar-refractivity contribution in [3.05, 3.63) is 47.5 Å². The fourth-order valence-corrected chi connectivity index (χ4v) is 0.898. The van der Waals surface area contributed by atoms with Crippen LogP contribution in [-0.4, -0.2) is 22.2 Å². The van der Waals surface area contributed by atoms with Crippen molar-refractivity contribution in [2.75, 3.05) is 0 Å². The maximum atomic E-state index is 9.66. The summed E-state index contributed by atoms with van der Waals surface area (Å²) in [5.74, 6) is -3.00. The molecule has 0 saturated heterocycles. The molecular formula is C12H14O4. The van der Waals surface area contributed by atoms with E-state index in [1.54, 1.807) is 0 Å². The minimum Gasteiger partial charge on any atom is -0.477 e. The van der Waals surface area contributed by atoms with Gasteiger partial charge in [0.05, 0.1) is 0 Å². The minimum atomic E-state index is -1.50. The first-order chi connectivity index (χ1) is 7.34. The highest BCUT2D eigenvalue weighted by molar-refractivity contribution is 6.11. The Morgan fingerprint density at radius 3 is 1.56 bits per heavy atom. The molecule has 4 heteroatoms. The van der Waals surface area contributed by atoms with Crippen molar-refractivity contribution in [1.29, 1.82) is 0 Å². The van der Waals surface area contributed by atoms with E-state index in [1.165, 1.54) is 11.1 Å². The van der Waals surface area contributed by atoms with Crippen LogP contribution in [0.25, 0.3) is 0 Å². The van der Waals surface area contributed by atoms with Gasteiger partial charge in [0.1, 0.15) is 5.57 Å². The number of aryl methyl sites for hydroxylation is 2. The molecule has 0 aliphatic carbocycles. The number of rotatable bonds is 2. The van der Waals surface area contributed by atoms with Gasteiger partial charge < -0.3 is 10.2 Å². The van der Waals surface area contributed by atoms with E-state index in [9.17, 15) is 9.59 Å². The number of benzene rings is 1. The molecule has 1 aromatic carbocycles. The molecule has 0 unspecified atom stereocenters. The Kier molecular flexibility index (Phi) is 5.56. The second-order valence-electron chi connectivity index (χ2n) is 3.25. The predicted octanol–water partition coefficient (Wildman–Crippen LogP) is 2.02. The van der Waals surface area contributed by atoms with Crippen LogP contribution < -0.4 is 0 Å². The molecule has 0 amide bonds. The molecule has 2 N–H and O–H groups in total. The van der Waals surface area contributed by atoms with Crippen molar-refractivity contribution < 1.29 is 19.8 Å². The Morgan fingerprint density at radius 1 is 1.06 bits per heavy atom. The molecule has 0 fully saturated rings. The predicted molar refractivity (Wildman–Crippen MR) is 60.3 cm³/mol. The fraction of sp³-hybridized carbons (Fsp3) is 0.167. The fourth-order valence-electron chi connectivity index (χ4n) is 0.898. The summed E-state index contributed by atoms with van der Waals surface area (Å²) in [6, 6.07) is 8.45. The number of hydrogen-bond acceptors (Lipinski definition) is 2. The SMILES string of the molecule is C=C(C(=O)O)C(=O)O.Cc1cccc(C)c1. The average molecular weight is 222 g/mol. The van der Waals surface area contributed by atoms with Crippen LogP contribution in [0.1, 0.15) is 11.1 Å². The summed E-state index contributed by atoms with van der Waals surface area (Å²) in [7, 11) is 0. The third-order valence-electron chi connectivity index (χ3n) is 1.69. The quantitative estimate of drug-likeness (QED) is 0.456. The first-order valence-electron chi connectivity index (χ1n) is 4.53. The molecule has 0 spiro atoms. The Balaban J connectivity index is 0.000000281. The third kappa shape index (κ3) is 5.59. The first kappa shape index (κ1) is 13.9. The first-order valence-corrected chi connectivity index (χ1v) is 4.53. The van der Waals surface area contributed by atoms with Crippen LogP contribution in [0.15, 0.2) is 36.4 Å². The molecule has 0 bridgehead atoms. The number of carboxylic acid groups (broad SMARTS) is 2. The van der Waals surface area contributed by atoms with Gasteiger partial charge in [0.2, 0.25) is 0 Å². The number of carboxylic acids is 2. The van der Waals surface area contributed by atoms with Crippen LogP contribution >= 0.6 is 0 Å². The second-order valence-corrected chi connectivity index (χ2v) is 3.25. The van der Waals surface area contributed by atoms with Gasteiger partial charge in [-0.05, 0) is 13.8 Å². The molecule has 1 rings (SSSR count). The zero-order valence-electron chi connectivity index (χ0n) is 9.23. The van der Waals surface area contributed by atoms with Crippen molar-refractivity contribution in [3.63, 3.8) is 0 Å². The minimum absolute atomic E-state index is 0.815. The number of aliphatic carboxylic acids is 2. The highest BCUT2D eigenvalue weighted by Gasteiger charge is 2.10. The molecule has 0 aliphatic heterocycles. The van der Waals surface area contributed by atoms with Gasteiger partial charge in [-0.25, -0.2) is 9.59 Å². The lowest BCUT2D eigenvalue weighted by Crippen LogP contribution is -2.08. The molecule has 0 heterocycles. The van der Waals surface area contributed by atoms with Gasteiger partial charge >= 0.3 is 11.9 Å². The van der Waals surface area contributed by atoms with Crippen LogP contribution in [0, 0.1) is 13.8 Å². The second kappa shape index (κ2) is 6.40. The van der Waals surface area contributed by atoms with E-state index in [2.05, 4.69) is 44.7 Å². The van der Waals surface area contributed by atoms with Gasteiger partial charge in [-0.15, -0.1) is 0 Å². The van der Waals surface area contributed by atoms with Crippen LogP contribution in [0.2, 0.25) is 0 Å². The van der Waals surface area contributed by atoms with Gasteiger partial charge in [0.25, 0.3) is 0 Å². The van der Waals surface area contributed by atoms with Gasteiger partial charge in [-0.2, -0.15) is 0 Å². The van der Waals surface area contributed by atoms with Gasteiger partial charge in [0, 0.05) is 0 Å². The molecule has 0 saturated carbocycles. The third-order valence-corrected chi connectivity index (χ3v) is 1.69. The summed E-state index contributed by atoms with van der Waals surface area (Å²) in [5, 5.41) is 15.7. The van der Waals surface area contributed by atoms with E-state index in [1.807, 2.05) is 0 Å². The monoisotopic (exact) mass is 222 g/mol. The van der Waals surface area contributed by atoms with E-state index in [4.69, 9.17) is 10.2 Å². The molecule has 16 heavy (non-hydrogen) atoms. The van der Waals surface area contributed by atoms with Gasteiger partial charge in [0.15, 0.2) is 0 Å². The van der Waals surface area contributed by atoms with Crippen LogP contribution in [0.4, 0.5) is 0 Å². The topological polar surface area (TPSA) is 74.6 Å². The maximum absolute atomic E-state index is 9.66. The van der Waals surface area contributed by atoms with Crippen molar-refractivity contribution in [2.24, 2.45) is 0 Å². The van der Waals surface area contributed by atoms with E-state index >= 15 is 0 Å². The average Bonchev–Trinajstić information content (AvgIpc) is 2.16. The molecule has 1 aromatic rings. The zero-order chi connectivity index (χ0) is 12.7. The molecule has 0 atom stereocenters. The summed E-state index contributed by atoms with van der Waals surface area (Å²) < 4.78 is 0. The molecule has 86 valence electrons. The Hall–Kier alpha value is -2.10. The summed E-state index contributed by atoms with van der Waals surface area (Å²) in [6.07, 6.45) is 0. The highest BCUT2D eigenvalue weighted by Crippen LogP contribution is 2.00. The Labute approximate surface area is 93.8 Å². The standard InChI is InChI=1S/C8H10.C4H4O4/c1-7-4-3-5-8(2)6-7;1-2(3(5)6)4(7)8/h3-6H,1-2H3;1H2,(H,5,6)(H,7,8). The van der Waals surface area contributed by atoms with E-state index in [-0.39, 0.29) is 0 Å². The molecule has 0 radical (unpaired) electrons. The van der Waals surface area contributed by atoms with Gasteiger partial charge in [-0.1, -0.05) is 42.0 Å². The summed E-state index contributed by atoms with van der Waals surface area (Å²) in [6.45, 7) is 6.96. The Bertz CT molecular complexity index is 374. The zero-order valence-corrected chi connectivity index (χ0v) is 9.23. The van der Waals surface area contributed by atoms with Crippen molar-refractivity contribution in [3.8, 4) is 0 Å². The lowest BCUT2D eigenvalue weighted by molar-refractivity contribution is -0.140. The van der Waals surface area contributed by atoms with E-state index in [0.29, 0.717) is 0 Å². The lowest BCUT2D eigenvalue weighted by atomic mass is 10.2. The smallest absolute Gasteiger partial charge is 0.342 e. The van der Waals surface area contributed by atoms with Crippen LogP contribution in [0.5, 0.6) is 0 Å². The maximum Gasteiger partial charge on any atom is 0.342 e. The Morgan fingerprint density at radius 2 is 1.44 bits per heavy atom. The summed E-state index contributed by atoms with van der Waals surface area (Å²) in [4.78, 5) is 19.3. The summed E-state index contributed by atoms with van der Waals surface area (Å²) >= 11 is 0. The number of carbonyl (C=O) groups is 2. The summed E-state index contributed by atoms with van der Waals surface area (Å²) in [5.41, 5.74) is 1.86. The van der Waals surface area contributed by atoms with E-state index < -0.39 is 17.5 Å². The van der Waals surface area contributed by atoms with Crippen molar-refractivity contribution in [1.82, 2.24) is 0 Å². The highest BCUT2D eigenvalue weighted by atomic mass is 16.4. The molecular weight excluding hydrogens is 208 g/mol. The number of hydrogen-bond donors (Lipinski definition) is 2. The molecule has 4 nitrogen and oxygen atoms in total. The van der Waals surface area contributed by atoms with Gasteiger partial charge in [-0.3, -0.25) is 0 Å². The van der Waals surface area contributed by atoms with Crippen LogP contribution in [-0.2, 0) is 9.59 Å². The van der Waals surface area contributed by atoms with Crippen molar-refractivity contribution >= 4 is 11.9 Å². The van der Waals surface area contributed by atoms with Crippen molar-refractivity contribution in [2.45, 2.75) is 13.8 Å². The normalized spacial score (nSPS) is 8.62. The molecule has 0 aromatic heterocycles. The largest absolute Gasteiger partial charge is 0.477 e. The van der Waals surface area contributed by atoms with E-state index in [0.717, 1.165) is 0 Å². The molecule has 0 aliphatic rings. The van der Waals surface area contributed by atoms with Crippen LogP contribution in [0.3, 0.4) is 0 Å². The lowest BCUT2D eigenvalue weighted by Gasteiger charge is -1.90.